The van der Waals surface area contributed by atoms with Crippen molar-refractivity contribution in [2.75, 3.05) is 19.6 Å². The first-order valence-electron chi connectivity index (χ1n) is 16.3. The van der Waals surface area contributed by atoms with E-state index in [1.54, 1.807) is 5.38 Å². The Morgan fingerprint density at radius 1 is 1.04 bits per heavy atom. The average Bonchev–Trinajstić information content (AvgIpc) is 3.56. The Bertz CT molecular complexity index is 1680. The number of hydrogen-bond acceptors (Lipinski definition) is 11. The quantitative estimate of drug-likeness (QED) is 0.0499. The van der Waals surface area contributed by atoms with Crippen LogP contribution in [-0.2, 0) is 32.6 Å². The second-order valence-corrected chi connectivity index (χ2v) is 15.3. The molecule has 14 nitrogen and oxygen atoms in total. The highest BCUT2D eigenvalue weighted by molar-refractivity contribution is 7.89. The summed E-state index contributed by atoms with van der Waals surface area (Å²) in [6, 6.07) is 14.5. The topological polar surface area (TPSA) is 204 Å². The molecular formula is C34H46N6O8S2. The molecule has 0 saturated heterocycles. The van der Waals surface area contributed by atoms with Gasteiger partial charge in [-0.1, -0.05) is 93.1 Å². The minimum Gasteiger partial charge on any atom is -0.411 e. The molecule has 0 aliphatic carbocycles. The van der Waals surface area contributed by atoms with Gasteiger partial charge in [0.2, 0.25) is 21.8 Å². The van der Waals surface area contributed by atoms with Crippen molar-refractivity contribution in [3.05, 3.63) is 92.8 Å². The third-order valence-corrected chi connectivity index (χ3v) is 10.8. The van der Waals surface area contributed by atoms with Crippen LogP contribution >= 0.6 is 11.3 Å². The van der Waals surface area contributed by atoms with E-state index in [-0.39, 0.29) is 54.3 Å². The SMILES string of the molecule is CC[C@H](C)[C@H](NC(=O)CNCc1csc([N+](=O)[O-])c1)C(=O)N[C@@H](Cc1ccccc1)[C@@H](O)CN(CC(C)C)S(=O)(=O)c1ccc(C=NO)cc1. The fourth-order valence-corrected chi connectivity index (χ4v) is 7.53. The number of carbonyl (C=O) groups excluding carboxylic acids is 2. The molecule has 0 bridgehead atoms. The van der Waals surface area contributed by atoms with Crippen LogP contribution in [0.4, 0.5) is 5.00 Å². The monoisotopic (exact) mass is 730 g/mol. The highest BCUT2D eigenvalue weighted by Crippen LogP contribution is 2.23. The van der Waals surface area contributed by atoms with E-state index in [4.69, 9.17) is 5.21 Å². The van der Waals surface area contributed by atoms with Crippen LogP contribution in [0.5, 0.6) is 0 Å². The van der Waals surface area contributed by atoms with Crippen molar-refractivity contribution < 1.29 is 33.2 Å². The van der Waals surface area contributed by atoms with Crippen molar-refractivity contribution >= 4 is 44.4 Å². The molecule has 2 aromatic carbocycles. The number of nitrogens with zero attached hydrogens (tertiary/aromatic N) is 3. The molecule has 0 fully saturated rings. The molecule has 16 heteroatoms. The van der Waals surface area contributed by atoms with E-state index in [2.05, 4.69) is 21.1 Å². The molecule has 50 heavy (non-hydrogen) atoms. The van der Waals surface area contributed by atoms with Crippen molar-refractivity contribution in [1.82, 2.24) is 20.3 Å². The third kappa shape index (κ3) is 12.0. The van der Waals surface area contributed by atoms with Crippen molar-refractivity contribution in [3.63, 3.8) is 0 Å². The highest BCUT2D eigenvalue weighted by atomic mass is 32.2. The van der Waals surface area contributed by atoms with Crippen molar-refractivity contribution in [3.8, 4) is 0 Å². The van der Waals surface area contributed by atoms with E-state index in [0.29, 0.717) is 17.5 Å². The smallest absolute Gasteiger partial charge is 0.324 e. The molecule has 1 heterocycles. The maximum Gasteiger partial charge on any atom is 0.324 e. The van der Waals surface area contributed by atoms with Gasteiger partial charge in [0, 0.05) is 31.1 Å². The van der Waals surface area contributed by atoms with Crippen LogP contribution in [0.1, 0.15) is 50.8 Å². The number of rotatable bonds is 20. The Morgan fingerprint density at radius 2 is 1.72 bits per heavy atom. The summed E-state index contributed by atoms with van der Waals surface area (Å²) < 4.78 is 28.8. The summed E-state index contributed by atoms with van der Waals surface area (Å²) >= 11 is 0.993. The summed E-state index contributed by atoms with van der Waals surface area (Å²) in [5.41, 5.74) is 1.96. The predicted octanol–water partition coefficient (Wildman–Crippen LogP) is 3.52. The predicted molar refractivity (Wildman–Crippen MR) is 192 cm³/mol. The standard InChI is InChI=1S/C34H46N6O8S2/c1-5-24(4)33(38-31(42)19-35-17-27-16-32(40(45)46)49-22-27)34(43)37-29(15-25-9-7-6-8-10-25)30(41)21-39(20-23(2)3)50(47,48)28-13-11-26(12-14-28)18-36-44/h6-14,16,18,22-24,29-30,33,35,41,44H,5,15,17,19-21H2,1-4H3,(H,37,43)(H,38,42)/t24-,29-,30-,33-/m0/s1. The Balaban J connectivity index is 1.79. The summed E-state index contributed by atoms with van der Waals surface area (Å²) in [5, 5.41) is 44.6. The van der Waals surface area contributed by atoms with Gasteiger partial charge in [-0.2, -0.15) is 4.31 Å². The van der Waals surface area contributed by atoms with E-state index in [1.807, 2.05) is 58.0 Å². The number of hydrogen-bond donors (Lipinski definition) is 5. The minimum atomic E-state index is -4.08. The maximum absolute atomic E-state index is 13.8. The van der Waals surface area contributed by atoms with E-state index < -0.39 is 44.9 Å². The molecular weight excluding hydrogens is 685 g/mol. The molecule has 272 valence electrons. The number of oxime groups is 1. The molecule has 0 spiro atoms. The molecule has 0 aliphatic rings. The van der Waals surface area contributed by atoms with Gasteiger partial charge < -0.3 is 26.3 Å². The molecule has 0 unspecified atom stereocenters. The number of sulfonamides is 1. The second kappa shape index (κ2) is 19.2. The second-order valence-electron chi connectivity index (χ2n) is 12.5. The molecule has 5 N–H and O–H groups in total. The summed E-state index contributed by atoms with van der Waals surface area (Å²) in [4.78, 5) is 37.3. The van der Waals surface area contributed by atoms with Crippen LogP contribution in [0, 0.1) is 22.0 Å². The van der Waals surface area contributed by atoms with Crippen molar-refractivity contribution in [1.29, 1.82) is 0 Å². The summed E-state index contributed by atoms with van der Waals surface area (Å²) in [6.07, 6.45) is 0.585. The van der Waals surface area contributed by atoms with Crippen LogP contribution in [0.3, 0.4) is 0 Å². The largest absolute Gasteiger partial charge is 0.411 e. The molecule has 3 rings (SSSR count). The minimum absolute atomic E-state index is 0.000236. The van der Waals surface area contributed by atoms with Crippen LogP contribution in [0.2, 0.25) is 0 Å². The van der Waals surface area contributed by atoms with Crippen molar-refractivity contribution in [2.45, 2.75) is 70.2 Å². The van der Waals surface area contributed by atoms with Crippen LogP contribution in [0.15, 0.2) is 76.1 Å². The van der Waals surface area contributed by atoms with Gasteiger partial charge in [0.1, 0.15) is 6.04 Å². The van der Waals surface area contributed by atoms with Crippen LogP contribution < -0.4 is 16.0 Å². The number of thiophene rings is 1. The fourth-order valence-electron chi connectivity index (χ4n) is 5.18. The lowest BCUT2D eigenvalue weighted by atomic mass is 9.96. The molecule has 2 amide bonds. The Kier molecular flexibility index (Phi) is 15.5. The maximum atomic E-state index is 13.8. The Hall–Kier alpha value is -4.22. The van der Waals surface area contributed by atoms with Gasteiger partial charge >= 0.3 is 5.00 Å². The Labute approximate surface area is 296 Å². The van der Waals surface area contributed by atoms with Crippen molar-refractivity contribution in [2.24, 2.45) is 17.0 Å². The zero-order valence-electron chi connectivity index (χ0n) is 28.6. The van der Waals surface area contributed by atoms with Gasteiger partial charge in [0.15, 0.2) is 0 Å². The molecule has 0 radical (unpaired) electrons. The summed E-state index contributed by atoms with van der Waals surface area (Å²) in [5.74, 6) is -1.36. The van der Waals surface area contributed by atoms with Gasteiger partial charge in [-0.3, -0.25) is 19.7 Å². The molecule has 4 atom stereocenters. The highest BCUT2D eigenvalue weighted by Gasteiger charge is 2.34. The number of benzene rings is 2. The zero-order chi connectivity index (χ0) is 36.8. The number of carbonyl (C=O) groups is 2. The lowest BCUT2D eigenvalue weighted by Crippen LogP contribution is -2.57. The average molecular weight is 731 g/mol. The van der Waals surface area contributed by atoms with E-state index in [9.17, 15) is 33.2 Å². The Morgan fingerprint density at radius 3 is 2.30 bits per heavy atom. The lowest BCUT2D eigenvalue weighted by Gasteiger charge is -2.32. The van der Waals surface area contributed by atoms with Crippen LogP contribution in [-0.4, -0.2) is 83.8 Å². The van der Waals surface area contributed by atoms with Gasteiger partial charge in [-0.05, 0) is 47.1 Å². The van der Waals surface area contributed by atoms with E-state index >= 15 is 0 Å². The lowest BCUT2D eigenvalue weighted by molar-refractivity contribution is -0.380. The first-order valence-corrected chi connectivity index (χ1v) is 18.6. The molecule has 0 aliphatic heterocycles. The first-order chi connectivity index (χ1) is 23.7. The molecule has 3 aromatic rings. The van der Waals surface area contributed by atoms with Gasteiger partial charge in [-0.15, -0.1) is 0 Å². The zero-order valence-corrected chi connectivity index (χ0v) is 30.2. The summed E-state index contributed by atoms with van der Waals surface area (Å²) in [6.45, 7) is 7.28. The summed E-state index contributed by atoms with van der Waals surface area (Å²) in [7, 11) is -4.08. The van der Waals surface area contributed by atoms with E-state index in [0.717, 1.165) is 16.9 Å². The van der Waals surface area contributed by atoms with Gasteiger partial charge in [0.05, 0.1) is 34.7 Å². The van der Waals surface area contributed by atoms with Gasteiger partial charge in [-0.25, -0.2) is 8.42 Å². The van der Waals surface area contributed by atoms with Crippen LogP contribution in [0.25, 0.3) is 0 Å². The fraction of sp³-hybridized carbons (Fsp3) is 0.441. The number of nitro groups is 1. The number of nitrogens with one attached hydrogen (secondary N) is 3. The van der Waals surface area contributed by atoms with Gasteiger partial charge in [0.25, 0.3) is 0 Å². The number of amides is 2. The normalized spacial score (nSPS) is 14.4. The van der Waals surface area contributed by atoms with E-state index in [1.165, 1.54) is 40.9 Å². The number of aliphatic hydroxyl groups excluding tert-OH is 1. The molecule has 0 saturated carbocycles. The first kappa shape index (κ1) is 40.2. The third-order valence-electron chi connectivity index (χ3n) is 8.02. The number of aliphatic hydroxyl groups is 1. The molecule has 1 aromatic heterocycles.